The van der Waals surface area contributed by atoms with E-state index in [1.54, 1.807) is 6.08 Å². The predicted molar refractivity (Wildman–Crippen MR) is 83.9 cm³/mol. The van der Waals surface area contributed by atoms with Crippen molar-refractivity contribution < 1.29 is 9.21 Å². The number of carbonyl (C=O) groups excluding carboxylic acids is 1. The lowest BCUT2D eigenvalue weighted by Gasteiger charge is -2.38. The van der Waals surface area contributed by atoms with Crippen molar-refractivity contribution in [3.8, 4) is 0 Å². The summed E-state index contributed by atoms with van der Waals surface area (Å²) in [5.41, 5.74) is 0. The van der Waals surface area contributed by atoms with Crippen LogP contribution in [0.2, 0.25) is 0 Å². The average Bonchev–Trinajstić information content (AvgIpc) is 2.99. The van der Waals surface area contributed by atoms with Crippen LogP contribution in [-0.4, -0.2) is 22.9 Å². The molecule has 4 atom stereocenters. The lowest BCUT2D eigenvalue weighted by Crippen LogP contribution is -2.46. The molecule has 3 rings (SSSR count). The molecule has 2 heterocycles. The fraction of sp³-hybridized carbons (Fsp3) is 0.611. The molecule has 0 N–H and O–H groups in total. The maximum atomic E-state index is 12.4. The second-order valence-electron chi connectivity index (χ2n) is 6.77. The fourth-order valence-electron chi connectivity index (χ4n) is 3.47. The predicted octanol–water partition coefficient (Wildman–Crippen LogP) is 4.21. The van der Waals surface area contributed by atoms with Crippen LogP contribution < -0.4 is 0 Å². The number of furan rings is 1. The van der Waals surface area contributed by atoms with E-state index >= 15 is 0 Å². The molecule has 3 nitrogen and oxygen atoms in total. The van der Waals surface area contributed by atoms with Gasteiger partial charge in [0, 0.05) is 24.1 Å². The van der Waals surface area contributed by atoms with Crippen LogP contribution in [0.15, 0.2) is 22.6 Å². The number of carbonyl (C=O) groups is 1. The van der Waals surface area contributed by atoms with E-state index in [0.717, 1.165) is 30.3 Å². The van der Waals surface area contributed by atoms with Gasteiger partial charge in [0.2, 0.25) is 5.91 Å². The van der Waals surface area contributed by atoms with E-state index < -0.39 is 0 Å². The lowest BCUT2D eigenvalue weighted by atomic mass is 9.97. The Morgan fingerprint density at radius 1 is 1.24 bits per heavy atom. The molecule has 1 saturated carbocycles. The molecule has 21 heavy (non-hydrogen) atoms. The van der Waals surface area contributed by atoms with Crippen molar-refractivity contribution in [1.82, 2.24) is 4.90 Å². The van der Waals surface area contributed by atoms with Gasteiger partial charge in [-0.1, -0.05) is 6.92 Å². The molecule has 1 aliphatic heterocycles. The van der Waals surface area contributed by atoms with E-state index in [1.807, 2.05) is 23.1 Å². The van der Waals surface area contributed by atoms with Crippen LogP contribution in [0.1, 0.15) is 63.9 Å². The van der Waals surface area contributed by atoms with Crippen molar-refractivity contribution in [1.29, 1.82) is 0 Å². The summed E-state index contributed by atoms with van der Waals surface area (Å²) in [6.45, 7) is 6.52. The van der Waals surface area contributed by atoms with Gasteiger partial charge in [-0.25, -0.2) is 0 Å². The van der Waals surface area contributed by atoms with Crippen molar-refractivity contribution in [2.45, 2.75) is 64.5 Å². The number of nitrogens with zero attached hydrogens (tertiary/aromatic N) is 1. The van der Waals surface area contributed by atoms with Gasteiger partial charge < -0.3 is 9.32 Å². The maximum Gasteiger partial charge on any atom is 0.247 e. The highest BCUT2D eigenvalue weighted by molar-refractivity contribution is 5.91. The molecule has 1 saturated heterocycles. The highest BCUT2D eigenvalue weighted by atomic mass is 16.3. The number of hydrogen-bond acceptors (Lipinski definition) is 2. The summed E-state index contributed by atoms with van der Waals surface area (Å²) in [4.78, 5) is 14.4. The van der Waals surface area contributed by atoms with E-state index in [1.165, 1.54) is 12.8 Å². The average molecular weight is 287 g/mol. The minimum Gasteiger partial charge on any atom is -0.461 e. The molecule has 4 unspecified atom stereocenters. The maximum absolute atomic E-state index is 12.4. The molecule has 3 heteroatoms. The number of rotatable bonds is 3. The van der Waals surface area contributed by atoms with Crippen LogP contribution in [0.3, 0.4) is 0 Å². The van der Waals surface area contributed by atoms with Gasteiger partial charge in [0.25, 0.3) is 0 Å². The van der Waals surface area contributed by atoms with Crippen LogP contribution >= 0.6 is 0 Å². The molecule has 0 spiro atoms. The summed E-state index contributed by atoms with van der Waals surface area (Å²) in [6, 6.07) is 4.69. The molecular weight excluding hydrogens is 262 g/mol. The fourth-order valence-corrected chi connectivity index (χ4v) is 3.47. The zero-order valence-electron chi connectivity index (χ0n) is 13.2. The second kappa shape index (κ2) is 5.70. The molecule has 114 valence electrons. The standard InChI is InChI=1S/C18H25NO2/c1-12-11-16(12)17-9-7-15(21-17)8-10-18(20)19-13(2)5-4-6-14(19)3/h7-10,12-14,16H,4-6,11H2,1-3H3/b10-8+. The second-order valence-corrected chi connectivity index (χ2v) is 6.77. The van der Waals surface area contributed by atoms with E-state index in [9.17, 15) is 4.79 Å². The van der Waals surface area contributed by atoms with Crippen molar-refractivity contribution in [3.05, 3.63) is 29.7 Å². The largest absolute Gasteiger partial charge is 0.461 e. The molecule has 0 radical (unpaired) electrons. The van der Waals surface area contributed by atoms with Crippen molar-refractivity contribution >= 4 is 12.0 Å². The monoisotopic (exact) mass is 287 g/mol. The molecule has 0 aromatic carbocycles. The van der Waals surface area contributed by atoms with Gasteiger partial charge in [0.1, 0.15) is 11.5 Å². The topological polar surface area (TPSA) is 33.5 Å². The molecule has 2 fully saturated rings. The summed E-state index contributed by atoms with van der Waals surface area (Å²) in [5, 5.41) is 0. The number of hydrogen-bond donors (Lipinski definition) is 0. The summed E-state index contributed by atoms with van der Waals surface area (Å²) < 4.78 is 5.81. The molecule has 1 aromatic rings. The number of amides is 1. The first-order chi connectivity index (χ1) is 10.1. The number of piperidine rings is 1. The highest BCUT2D eigenvalue weighted by Crippen LogP contribution is 2.47. The molecule has 0 bridgehead atoms. The first-order valence-electron chi connectivity index (χ1n) is 8.16. The SMILES string of the molecule is CC1CC1c1ccc(/C=C/C(=O)N2C(C)CCCC2C)o1. The van der Waals surface area contributed by atoms with Crippen molar-refractivity contribution in [2.75, 3.05) is 0 Å². The van der Waals surface area contributed by atoms with E-state index in [0.29, 0.717) is 18.0 Å². The van der Waals surface area contributed by atoms with Crippen LogP contribution in [0.4, 0.5) is 0 Å². The Balaban J connectivity index is 1.64. The van der Waals surface area contributed by atoms with Crippen molar-refractivity contribution in [3.63, 3.8) is 0 Å². The molecule has 1 amide bonds. The third kappa shape index (κ3) is 3.07. The van der Waals surface area contributed by atoms with Crippen LogP contribution in [0, 0.1) is 5.92 Å². The molecule has 1 aromatic heterocycles. The Morgan fingerprint density at radius 3 is 2.52 bits per heavy atom. The number of likely N-dealkylation sites (tertiary alicyclic amines) is 1. The first kappa shape index (κ1) is 14.4. The van der Waals surface area contributed by atoms with Crippen molar-refractivity contribution in [2.24, 2.45) is 5.92 Å². The molecule has 2 aliphatic rings. The van der Waals surface area contributed by atoms with Crippen LogP contribution in [0.5, 0.6) is 0 Å². The van der Waals surface area contributed by atoms with Gasteiger partial charge in [-0.2, -0.15) is 0 Å². The lowest BCUT2D eigenvalue weighted by molar-refractivity contribution is -0.131. The van der Waals surface area contributed by atoms with Gasteiger partial charge in [-0.05, 0) is 63.7 Å². The van der Waals surface area contributed by atoms with Gasteiger partial charge >= 0.3 is 0 Å². The molecular formula is C18H25NO2. The van der Waals surface area contributed by atoms with Gasteiger partial charge in [-0.15, -0.1) is 0 Å². The smallest absolute Gasteiger partial charge is 0.247 e. The summed E-state index contributed by atoms with van der Waals surface area (Å²) in [7, 11) is 0. The van der Waals surface area contributed by atoms with Gasteiger partial charge in [-0.3, -0.25) is 4.79 Å². The zero-order chi connectivity index (χ0) is 15.0. The van der Waals surface area contributed by atoms with Crippen LogP contribution in [0.25, 0.3) is 6.08 Å². The highest BCUT2D eigenvalue weighted by Gasteiger charge is 2.36. The summed E-state index contributed by atoms with van der Waals surface area (Å²) in [6.07, 6.45) is 8.13. The van der Waals surface area contributed by atoms with Gasteiger partial charge in [0.15, 0.2) is 0 Å². The normalized spacial score (nSPS) is 32.6. The Bertz CT molecular complexity index is 535. The summed E-state index contributed by atoms with van der Waals surface area (Å²) >= 11 is 0. The minimum atomic E-state index is 0.104. The Hall–Kier alpha value is -1.51. The zero-order valence-corrected chi connectivity index (χ0v) is 13.2. The quantitative estimate of drug-likeness (QED) is 0.780. The van der Waals surface area contributed by atoms with E-state index in [-0.39, 0.29) is 5.91 Å². The third-order valence-corrected chi connectivity index (χ3v) is 4.96. The Kier molecular flexibility index (Phi) is 3.92. The summed E-state index contributed by atoms with van der Waals surface area (Å²) in [5.74, 6) is 3.28. The minimum absolute atomic E-state index is 0.104. The van der Waals surface area contributed by atoms with E-state index in [2.05, 4.69) is 20.8 Å². The third-order valence-electron chi connectivity index (χ3n) is 4.96. The van der Waals surface area contributed by atoms with Gasteiger partial charge in [0.05, 0.1) is 0 Å². The Morgan fingerprint density at radius 2 is 1.90 bits per heavy atom. The van der Waals surface area contributed by atoms with E-state index in [4.69, 9.17) is 4.42 Å². The Labute approximate surface area is 127 Å². The van der Waals surface area contributed by atoms with Crippen LogP contribution in [-0.2, 0) is 4.79 Å². The first-order valence-corrected chi connectivity index (χ1v) is 8.16. The molecule has 1 aliphatic carbocycles.